The van der Waals surface area contributed by atoms with Crippen LogP contribution in [0.5, 0.6) is 11.5 Å². The Bertz CT molecular complexity index is 829. The van der Waals surface area contributed by atoms with Gasteiger partial charge in [0.15, 0.2) is 11.5 Å². The fourth-order valence-corrected chi connectivity index (χ4v) is 2.55. The second kappa shape index (κ2) is 8.88. The summed E-state index contributed by atoms with van der Waals surface area (Å²) in [6, 6.07) is 25.3. The van der Waals surface area contributed by atoms with Gasteiger partial charge in [-0.2, -0.15) is 0 Å². The highest BCUT2D eigenvalue weighted by Crippen LogP contribution is 2.32. The predicted octanol–water partition coefficient (Wildman–Crippen LogP) is 5.06. The molecule has 3 heteroatoms. The summed E-state index contributed by atoms with van der Waals surface area (Å²) in [4.78, 5) is 0. The number of ether oxygens (including phenoxy) is 2. The van der Waals surface area contributed by atoms with E-state index in [0.717, 1.165) is 16.7 Å². The van der Waals surface area contributed by atoms with Gasteiger partial charge >= 0.3 is 0 Å². The van der Waals surface area contributed by atoms with Crippen LogP contribution in [0.4, 0.5) is 0 Å². The summed E-state index contributed by atoms with van der Waals surface area (Å²) in [5.74, 6) is 1.24. The van der Waals surface area contributed by atoms with Gasteiger partial charge in [-0.25, -0.2) is 0 Å². The summed E-state index contributed by atoms with van der Waals surface area (Å²) in [5, 5.41) is 10.0. The van der Waals surface area contributed by atoms with Crippen LogP contribution < -0.4 is 9.47 Å². The molecule has 0 unspecified atom stereocenters. The Balaban J connectivity index is 1.78. The number of hydrogen-bond donors (Lipinski definition) is 1. The van der Waals surface area contributed by atoms with E-state index in [2.05, 4.69) is 6.58 Å². The molecule has 0 heterocycles. The van der Waals surface area contributed by atoms with E-state index in [-0.39, 0.29) is 0 Å². The lowest BCUT2D eigenvalue weighted by molar-refractivity contribution is 0.225. The molecule has 0 aliphatic heterocycles. The largest absolute Gasteiger partial charge is 0.485 e. The van der Waals surface area contributed by atoms with Gasteiger partial charge < -0.3 is 14.6 Å². The third kappa shape index (κ3) is 4.74. The molecular formula is C23H22O3. The third-order valence-electron chi connectivity index (χ3n) is 4.01. The topological polar surface area (TPSA) is 38.7 Å². The fraction of sp³-hybridized carbons (Fsp3) is 0.130. The van der Waals surface area contributed by atoms with E-state index in [4.69, 9.17) is 9.47 Å². The van der Waals surface area contributed by atoms with E-state index < -0.39 is 6.10 Å². The monoisotopic (exact) mass is 346 g/mol. The van der Waals surface area contributed by atoms with Gasteiger partial charge in [0, 0.05) is 0 Å². The maximum absolute atomic E-state index is 10.0. The molecule has 3 aromatic carbocycles. The van der Waals surface area contributed by atoms with Crippen LogP contribution in [0.3, 0.4) is 0 Å². The van der Waals surface area contributed by atoms with Gasteiger partial charge in [-0.15, -0.1) is 6.58 Å². The third-order valence-corrected chi connectivity index (χ3v) is 4.01. The van der Waals surface area contributed by atoms with E-state index in [1.54, 1.807) is 6.07 Å². The Labute approximate surface area is 154 Å². The highest BCUT2D eigenvalue weighted by Gasteiger charge is 2.11. The molecule has 0 aromatic heterocycles. The first-order chi connectivity index (χ1) is 12.8. The summed E-state index contributed by atoms with van der Waals surface area (Å²) in [5.41, 5.74) is 2.86. The minimum Gasteiger partial charge on any atom is -0.485 e. The average molecular weight is 346 g/mol. The van der Waals surface area contributed by atoms with Gasteiger partial charge in [0.1, 0.15) is 13.2 Å². The van der Waals surface area contributed by atoms with Crippen LogP contribution in [-0.4, -0.2) is 5.11 Å². The number of benzene rings is 3. The number of hydrogen-bond acceptors (Lipinski definition) is 3. The summed E-state index contributed by atoms with van der Waals surface area (Å²) < 4.78 is 11.9. The SMILES string of the molecule is C=C[C@H](O)c1ccc(OCc2ccccc2)c(OCc2ccccc2)c1. The molecule has 0 aliphatic carbocycles. The van der Waals surface area contributed by atoms with Crippen molar-refractivity contribution in [3.63, 3.8) is 0 Å². The molecule has 1 N–H and O–H groups in total. The molecule has 0 saturated heterocycles. The van der Waals surface area contributed by atoms with Crippen molar-refractivity contribution in [2.75, 3.05) is 0 Å². The lowest BCUT2D eigenvalue weighted by Gasteiger charge is -2.15. The minimum absolute atomic E-state index is 0.427. The molecule has 1 atom stereocenters. The zero-order chi connectivity index (χ0) is 18.2. The second-order valence-corrected chi connectivity index (χ2v) is 5.94. The molecule has 0 radical (unpaired) electrons. The summed E-state index contributed by atoms with van der Waals surface area (Å²) in [6.07, 6.45) is 0.748. The van der Waals surface area contributed by atoms with Gasteiger partial charge in [0.25, 0.3) is 0 Å². The van der Waals surface area contributed by atoms with Crippen LogP contribution in [0.25, 0.3) is 0 Å². The maximum atomic E-state index is 10.0. The first kappa shape index (κ1) is 17.8. The van der Waals surface area contributed by atoms with Crippen molar-refractivity contribution in [2.24, 2.45) is 0 Å². The van der Waals surface area contributed by atoms with Crippen molar-refractivity contribution < 1.29 is 14.6 Å². The van der Waals surface area contributed by atoms with Crippen LogP contribution >= 0.6 is 0 Å². The van der Waals surface area contributed by atoms with Gasteiger partial charge in [-0.1, -0.05) is 72.8 Å². The highest BCUT2D eigenvalue weighted by molar-refractivity contribution is 5.44. The molecule has 3 nitrogen and oxygen atoms in total. The van der Waals surface area contributed by atoms with Crippen molar-refractivity contribution in [3.8, 4) is 11.5 Å². The molecule has 0 spiro atoms. The highest BCUT2D eigenvalue weighted by atomic mass is 16.5. The molecule has 3 aromatic rings. The van der Waals surface area contributed by atoms with Gasteiger partial charge in [0.2, 0.25) is 0 Å². The van der Waals surface area contributed by atoms with Crippen molar-refractivity contribution >= 4 is 0 Å². The molecule has 0 bridgehead atoms. The smallest absolute Gasteiger partial charge is 0.162 e. The van der Waals surface area contributed by atoms with Crippen LogP contribution in [0.1, 0.15) is 22.8 Å². The lowest BCUT2D eigenvalue weighted by Crippen LogP contribution is -2.02. The Hall–Kier alpha value is -3.04. The summed E-state index contributed by atoms with van der Waals surface area (Å²) in [7, 11) is 0. The Morgan fingerprint density at radius 2 is 1.31 bits per heavy atom. The van der Waals surface area contributed by atoms with Crippen molar-refractivity contribution in [1.82, 2.24) is 0 Å². The normalized spacial score (nSPS) is 11.6. The fourth-order valence-electron chi connectivity index (χ4n) is 2.55. The molecule has 0 amide bonds. The Morgan fingerprint density at radius 3 is 1.85 bits per heavy atom. The standard InChI is InChI=1S/C23H22O3/c1-2-21(24)20-13-14-22(25-16-18-9-5-3-6-10-18)23(15-20)26-17-19-11-7-4-8-12-19/h2-15,21,24H,1,16-17H2/t21-/m0/s1. The van der Waals surface area contributed by atoms with E-state index >= 15 is 0 Å². The van der Waals surface area contributed by atoms with Crippen LogP contribution in [-0.2, 0) is 13.2 Å². The molecule has 0 fully saturated rings. The van der Waals surface area contributed by atoms with Crippen molar-refractivity contribution in [2.45, 2.75) is 19.3 Å². The molecule has 3 rings (SSSR count). The summed E-state index contributed by atoms with van der Waals surface area (Å²) in [6.45, 7) is 4.51. The molecule has 0 saturated carbocycles. The maximum Gasteiger partial charge on any atom is 0.162 e. The molecule has 26 heavy (non-hydrogen) atoms. The van der Waals surface area contributed by atoms with E-state index in [1.165, 1.54) is 6.08 Å². The van der Waals surface area contributed by atoms with Crippen molar-refractivity contribution in [1.29, 1.82) is 0 Å². The lowest BCUT2D eigenvalue weighted by atomic mass is 10.1. The van der Waals surface area contributed by atoms with Gasteiger partial charge in [0.05, 0.1) is 6.10 Å². The first-order valence-electron chi connectivity index (χ1n) is 8.54. The van der Waals surface area contributed by atoms with Crippen LogP contribution in [0, 0.1) is 0 Å². The van der Waals surface area contributed by atoms with E-state index in [1.807, 2.05) is 72.8 Å². The van der Waals surface area contributed by atoms with E-state index in [9.17, 15) is 5.11 Å². The van der Waals surface area contributed by atoms with Crippen LogP contribution in [0.15, 0.2) is 91.5 Å². The average Bonchev–Trinajstić information content (AvgIpc) is 2.72. The minimum atomic E-state index is -0.739. The second-order valence-electron chi connectivity index (χ2n) is 5.94. The van der Waals surface area contributed by atoms with E-state index in [0.29, 0.717) is 24.7 Å². The Kier molecular flexibility index (Phi) is 6.07. The van der Waals surface area contributed by atoms with Gasteiger partial charge in [-0.3, -0.25) is 0 Å². The van der Waals surface area contributed by atoms with Crippen molar-refractivity contribution in [3.05, 3.63) is 108 Å². The number of rotatable bonds is 8. The number of aliphatic hydroxyl groups excluding tert-OH is 1. The molecule has 132 valence electrons. The predicted molar refractivity (Wildman–Crippen MR) is 103 cm³/mol. The number of aliphatic hydroxyl groups is 1. The van der Waals surface area contributed by atoms with Gasteiger partial charge in [-0.05, 0) is 28.8 Å². The molecular weight excluding hydrogens is 324 g/mol. The summed E-state index contributed by atoms with van der Waals surface area (Å²) >= 11 is 0. The zero-order valence-corrected chi connectivity index (χ0v) is 14.5. The molecule has 0 aliphatic rings. The van der Waals surface area contributed by atoms with Crippen LogP contribution in [0.2, 0.25) is 0 Å². The zero-order valence-electron chi connectivity index (χ0n) is 14.5. The quantitative estimate of drug-likeness (QED) is 0.579. The first-order valence-corrected chi connectivity index (χ1v) is 8.54. The Morgan fingerprint density at radius 1 is 0.769 bits per heavy atom.